The van der Waals surface area contributed by atoms with Crippen LogP contribution >= 0.6 is 0 Å². The molecule has 1 N–H and O–H groups in total. The molecule has 0 spiro atoms. The summed E-state index contributed by atoms with van der Waals surface area (Å²) in [6, 6.07) is 5.92. The molecule has 0 aliphatic heterocycles. The van der Waals surface area contributed by atoms with E-state index in [9.17, 15) is 18.7 Å². The van der Waals surface area contributed by atoms with Gasteiger partial charge in [0.05, 0.1) is 11.3 Å². The van der Waals surface area contributed by atoms with Gasteiger partial charge < -0.3 is 5.11 Å². The van der Waals surface area contributed by atoms with E-state index >= 15 is 0 Å². The van der Waals surface area contributed by atoms with Gasteiger partial charge in [0.2, 0.25) is 5.92 Å². The smallest absolute Gasteiger partial charge is 0.248 e. The third kappa shape index (κ3) is 13.0. The van der Waals surface area contributed by atoms with Crippen LogP contribution in [0.3, 0.4) is 0 Å². The topological polar surface area (TPSA) is 49.7 Å². The van der Waals surface area contributed by atoms with Crippen LogP contribution in [0.2, 0.25) is 0 Å². The minimum atomic E-state index is -2.31. The number of Topliss-reactive ketones (excluding diaryl/α,β-unsaturated/α-hetero) is 1. The highest BCUT2D eigenvalue weighted by Gasteiger charge is 2.42. The van der Waals surface area contributed by atoms with Crippen molar-refractivity contribution < 1.29 is 18.7 Å². The maximum atomic E-state index is 11.8. The van der Waals surface area contributed by atoms with E-state index in [1.807, 2.05) is 45.9 Å². The zero-order valence-corrected chi connectivity index (χ0v) is 21.9. The highest BCUT2D eigenvalue weighted by atomic mass is 19.3. The molecule has 1 fully saturated rings. The monoisotopic (exact) mass is 453 g/mol. The first kappa shape index (κ1) is 30.4. The number of aliphatic hydroxyl groups is 1. The van der Waals surface area contributed by atoms with Crippen molar-refractivity contribution in [3.8, 4) is 0 Å². The van der Waals surface area contributed by atoms with Gasteiger partial charge in [-0.1, -0.05) is 53.7 Å². The van der Waals surface area contributed by atoms with Gasteiger partial charge in [0.25, 0.3) is 0 Å². The molecular formula is C27H45F2NO2. The van der Waals surface area contributed by atoms with Crippen LogP contribution in [0.4, 0.5) is 14.5 Å². The average molecular weight is 454 g/mol. The molecule has 0 atom stereocenters. The van der Waals surface area contributed by atoms with E-state index in [1.54, 1.807) is 13.8 Å². The molecule has 1 aromatic carbocycles. The summed E-state index contributed by atoms with van der Waals surface area (Å²) in [6.45, 7) is 19.7. The first-order chi connectivity index (χ1) is 14.4. The van der Waals surface area contributed by atoms with Crippen LogP contribution in [0.1, 0.15) is 106 Å². The Balaban J connectivity index is 0.000000505. The van der Waals surface area contributed by atoms with E-state index < -0.39 is 11.5 Å². The Labute approximate surface area is 194 Å². The summed E-state index contributed by atoms with van der Waals surface area (Å²) >= 11 is 0. The van der Waals surface area contributed by atoms with Gasteiger partial charge >= 0.3 is 0 Å². The molecule has 1 aliphatic carbocycles. The van der Waals surface area contributed by atoms with Crippen LogP contribution in [0.5, 0.6) is 0 Å². The van der Waals surface area contributed by atoms with Gasteiger partial charge in [-0.15, -0.1) is 0 Å². The largest absolute Gasteiger partial charge is 0.386 e. The Bertz CT molecular complexity index is 748. The summed E-state index contributed by atoms with van der Waals surface area (Å²) in [5, 5.41) is 9.90. The van der Waals surface area contributed by atoms with Crippen molar-refractivity contribution in [2.45, 2.75) is 113 Å². The summed E-state index contributed by atoms with van der Waals surface area (Å²) < 4.78 is 23.6. The molecule has 3 nitrogen and oxygen atoms in total. The number of aliphatic imine (C=N–C) groups is 1. The fourth-order valence-corrected chi connectivity index (χ4v) is 3.12. The minimum absolute atomic E-state index is 0.104. The number of hydrogen-bond acceptors (Lipinski definition) is 3. The number of nitrogens with zero attached hydrogens (tertiary/aromatic N) is 1. The first-order valence-electron chi connectivity index (χ1n) is 11.7. The van der Waals surface area contributed by atoms with Crippen molar-refractivity contribution >= 4 is 17.2 Å². The molecule has 0 unspecified atom stereocenters. The summed E-state index contributed by atoms with van der Waals surface area (Å²) in [4.78, 5) is 15.4. The molecule has 1 aromatic rings. The third-order valence-electron chi connectivity index (χ3n) is 5.14. The van der Waals surface area contributed by atoms with Crippen molar-refractivity contribution in [1.82, 2.24) is 0 Å². The van der Waals surface area contributed by atoms with E-state index in [0.29, 0.717) is 18.6 Å². The van der Waals surface area contributed by atoms with Crippen LogP contribution in [0.25, 0.3) is 0 Å². The lowest BCUT2D eigenvalue weighted by atomic mass is 9.83. The predicted molar refractivity (Wildman–Crippen MR) is 132 cm³/mol. The number of benzene rings is 1. The van der Waals surface area contributed by atoms with Crippen LogP contribution in [-0.2, 0) is 10.4 Å². The molecule has 1 aliphatic rings. The maximum absolute atomic E-state index is 11.8. The lowest BCUT2D eigenvalue weighted by molar-refractivity contribution is -0.120. The minimum Gasteiger partial charge on any atom is -0.386 e. The zero-order chi connectivity index (χ0) is 25.3. The third-order valence-corrected chi connectivity index (χ3v) is 5.14. The van der Waals surface area contributed by atoms with Crippen molar-refractivity contribution in [3.63, 3.8) is 0 Å². The number of carbonyl (C=O) groups is 1. The molecule has 0 aromatic heterocycles. The summed E-state index contributed by atoms with van der Waals surface area (Å²) in [7, 11) is 0. The van der Waals surface area contributed by atoms with Crippen LogP contribution in [0, 0.1) is 18.3 Å². The van der Waals surface area contributed by atoms with Gasteiger partial charge in [0.15, 0.2) is 0 Å². The van der Waals surface area contributed by atoms with E-state index in [-0.39, 0.29) is 24.2 Å². The van der Waals surface area contributed by atoms with Crippen molar-refractivity contribution in [2.75, 3.05) is 0 Å². The lowest BCUT2D eigenvalue weighted by Crippen LogP contribution is -2.33. The second-order valence-electron chi connectivity index (χ2n) is 10.8. The van der Waals surface area contributed by atoms with Crippen LogP contribution < -0.4 is 0 Å². The highest BCUT2D eigenvalue weighted by molar-refractivity contribution is 5.84. The molecule has 5 heteroatoms. The van der Waals surface area contributed by atoms with Gasteiger partial charge in [-0.25, -0.2) is 8.78 Å². The fourth-order valence-electron chi connectivity index (χ4n) is 3.12. The van der Waals surface area contributed by atoms with Crippen molar-refractivity contribution in [2.24, 2.45) is 16.3 Å². The van der Waals surface area contributed by atoms with Gasteiger partial charge in [-0.05, 0) is 62.6 Å². The Morgan fingerprint density at radius 1 is 1.12 bits per heavy atom. The number of ketones is 1. The molecule has 0 bridgehead atoms. The molecule has 32 heavy (non-hydrogen) atoms. The molecule has 1 saturated carbocycles. The van der Waals surface area contributed by atoms with Gasteiger partial charge in [-0.2, -0.15) is 0 Å². The van der Waals surface area contributed by atoms with Crippen LogP contribution in [0.15, 0.2) is 23.2 Å². The van der Waals surface area contributed by atoms with Crippen molar-refractivity contribution in [3.05, 3.63) is 29.3 Å². The SMILES string of the molecule is CC1CC(F)(F)C1.CCC(=O)CC(C)(C)C.CCC(C)=Nc1ccc(C(C)(C)O)cc1C. The molecule has 184 valence electrons. The standard InChI is InChI=1S/C14H21NO.C8H16O.C5H8F2/c1-6-11(3)15-13-8-7-12(9-10(13)2)14(4,5)16;1-5-7(9)6-8(2,3)4;1-4-2-5(6,7)3-4/h7-9,16H,6H2,1-5H3;5-6H2,1-4H3;4H,2-3H2,1H3. The van der Waals surface area contributed by atoms with Crippen LogP contribution in [-0.4, -0.2) is 22.5 Å². The Kier molecular flexibility index (Phi) is 11.9. The normalized spacial score (nSPS) is 16.2. The number of alkyl halides is 2. The number of rotatable bonds is 5. The average Bonchev–Trinajstić information content (AvgIpc) is 2.60. The number of aryl methyl sites for hydroxylation is 1. The van der Waals surface area contributed by atoms with E-state index in [1.165, 1.54) is 0 Å². The summed E-state index contributed by atoms with van der Waals surface area (Å²) in [6.07, 6.45) is 2.56. The molecule has 0 heterocycles. The molecule has 2 rings (SSSR count). The highest BCUT2D eigenvalue weighted by Crippen LogP contribution is 2.41. The maximum Gasteiger partial charge on any atom is 0.248 e. The van der Waals surface area contributed by atoms with E-state index in [0.717, 1.165) is 28.9 Å². The lowest BCUT2D eigenvalue weighted by Gasteiger charge is -2.31. The second kappa shape index (κ2) is 12.6. The predicted octanol–water partition coefficient (Wildman–Crippen LogP) is 8.18. The van der Waals surface area contributed by atoms with Gasteiger partial charge in [0.1, 0.15) is 5.78 Å². The summed E-state index contributed by atoms with van der Waals surface area (Å²) in [5.41, 5.74) is 3.54. The number of halogens is 2. The Morgan fingerprint density at radius 2 is 1.66 bits per heavy atom. The number of hydrogen-bond donors (Lipinski definition) is 1. The quantitative estimate of drug-likeness (QED) is 0.457. The van der Waals surface area contributed by atoms with E-state index in [4.69, 9.17) is 0 Å². The Morgan fingerprint density at radius 3 is 1.91 bits per heavy atom. The van der Waals surface area contributed by atoms with E-state index in [2.05, 4.69) is 32.7 Å². The Hall–Kier alpha value is -1.62. The molecule has 0 saturated heterocycles. The zero-order valence-electron chi connectivity index (χ0n) is 21.9. The summed E-state index contributed by atoms with van der Waals surface area (Å²) in [5.74, 6) is -1.68. The molecule has 0 amide bonds. The molecule has 0 radical (unpaired) electrons. The van der Waals surface area contributed by atoms with Gasteiger partial charge in [-0.3, -0.25) is 9.79 Å². The number of carbonyl (C=O) groups excluding carboxylic acids is 1. The van der Waals surface area contributed by atoms with Crippen molar-refractivity contribution in [1.29, 1.82) is 0 Å². The molecular weight excluding hydrogens is 408 g/mol. The first-order valence-corrected chi connectivity index (χ1v) is 11.7. The van der Waals surface area contributed by atoms with Gasteiger partial charge in [0, 0.05) is 31.4 Å². The second-order valence-corrected chi connectivity index (χ2v) is 10.8. The fraction of sp³-hybridized carbons (Fsp3) is 0.704.